The van der Waals surface area contributed by atoms with Crippen molar-refractivity contribution >= 4 is 11.0 Å². The van der Waals surface area contributed by atoms with Crippen LogP contribution in [0.15, 0.2) is 24.5 Å². The minimum atomic E-state index is 0.555. The van der Waals surface area contributed by atoms with Gasteiger partial charge in [0.05, 0.1) is 17.4 Å². The summed E-state index contributed by atoms with van der Waals surface area (Å²) in [6.45, 7) is 2.62. The summed E-state index contributed by atoms with van der Waals surface area (Å²) >= 11 is 0. The number of aryl methyl sites for hydroxylation is 1. The molecule has 1 heterocycles. The molecule has 0 bridgehead atoms. The smallest absolute Gasteiger partial charge is 0.123 e. The second-order valence-electron chi connectivity index (χ2n) is 3.12. The predicted octanol–water partition coefficient (Wildman–Crippen LogP) is 1.95. The Bertz CT molecular complexity index is 420. The van der Waals surface area contributed by atoms with Crippen molar-refractivity contribution < 1.29 is 4.74 Å². The Labute approximate surface area is 77.0 Å². The number of hydrogen-bond donors (Lipinski definition) is 0. The van der Waals surface area contributed by atoms with Crippen LogP contribution in [0.2, 0.25) is 0 Å². The molecule has 3 heteroatoms. The fraction of sp³-hybridized carbons (Fsp3) is 0.300. The van der Waals surface area contributed by atoms with Gasteiger partial charge in [-0.15, -0.1) is 0 Å². The fourth-order valence-corrected chi connectivity index (χ4v) is 1.42. The molecule has 1 aromatic heterocycles. The molecular weight excluding hydrogens is 164 g/mol. The lowest BCUT2D eigenvalue weighted by Gasteiger charge is -2.01. The van der Waals surface area contributed by atoms with Gasteiger partial charge in [-0.3, -0.25) is 0 Å². The lowest BCUT2D eigenvalue weighted by Crippen LogP contribution is -1.96. The van der Waals surface area contributed by atoms with Gasteiger partial charge in [0.25, 0.3) is 0 Å². The second kappa shape index (κ2) is 3.18. The van der Waals surface area contributed by atoms with Crippen LogP contribution in [0.3, 0.4) is 0 Å². The summed E-state index contributed by atoms with van der Waals surface area (Å²) in [6, 6.07) is 6.22. The van der Waals surface area contributed by atoms with Crippen molar-refractivity contribution in [2.75, 3.05) is 7.11 Å². The molecule has 0 N–H and O–H groups in total. The predicted molar refractivity (Wildman–Crippen MR) is 51.5 cm³/mol. The molecule has 0 saturated heterocycles. The monoisotopic (exact) mass is 176 g/mol. The second-order valence-corrected chi connectivity index (χ2v) is 3.12. The van der Waals surface area contributed by atoms with Crippen LogP contribution in [0.5, 0.6) is 0 Å². The van der Waals surface area contributed by atoms with E-state index in [1.807, 2.05) is 4.57 Å². The van der Waals surface area contributed by atoms with Gasteiger partial charge in [-0.2, -0.15) is 0 Å². The van der Waals surface area contributed by atoms with E-state index in [2.05, 4.69) is 30.1 Å². The SMILES string of the molecule is COCn1cnc2cc(C)ccc21. The molecule has 0 saturated carbocycles. The zero-order chi connectivity index (χ0) is 9.26. The first-order chi connectivity index (χ1) is 6.31. The molecule has 3 nitrogen and oxygen atoms in total. The molecule has 1 aromatic carbocycles. The summed E-state index contributed by atoms with van der Waals surface area (Å²) in [6.07, 6.45) is 1.80. The molecule has 0 amide bonds. The van der Waals surface area contributed by atoms with Crippen molar-refractivity contribution in [3.63, 3.8) is 0 Å². The van der Waals surface area contributed by atoms with Crippen LogP contribution in [0, 0.1) is 6.92 Å². The van der Waals surface area contributed by atoms with E-state index in [4.69, 9.17) is 4.74 Å². The highest BCUT2D eigenvalue weighted by atomic mass is 16.5. The number of rotatable bonds is 2. The van der Waals surface area contributed by atoms with Crippen molar-refractivity contribution in [3.8, 4) is 0 Å². The van der Waals surface area contributed by atoms with Crippen LogP contribution >= 0.6 is 0 Å². The summed E-state index contributed by atoms with van der Waals surface area (Å²) in [7, 11) is 1.68. The van der Waals surface area contributed by atoms with Crippen molar-refractivity contribution in [3.05, 3.63) is 30.1 Å². The number of methoxy groups -OCH3 is 1. The van der Waals surface area contributed by atoms with Gasteiger partial charge in [0, 0.05) is 7.11 Å². The third-order valence-electron chi connectivity index (χ3n) is 2.04. The molecule has 0 aliphatic carbocycles. The van der Waals surface area contributed by atoms with E-state index in [1.165, 1.54) is 5.56 Å². The van der Waals surface area contributed by atoms with Crippen molar-refractivity contribution in [1.82, 2.24) is 9.55 Å². The lowest BCUT2D eigenvalue weighted by atomic mass is 10.2. The van der Waals surface area contributed by atoms with Crippen LogP contribution in [0.4, 0.5) is 0 Å². The number of nitrogens with zero attached hydrogens (tertiary/aromatic N) is 2. The van der Waals surface area contributed by atoms with Gasteiger partial charge in [0.2, 0.25) is 0 Å². The van der Waals surface area contributed by atoms with E-state index in [-0.39, 0.29) is 0 Å². The number of benzene rings is 1. The summed E-state index contributed by atoms with van der Waals surface area (Å²) in [5, 5.41) is 0. The first-order valence-corrected chi connectivity index (χ1v) is 4.21. The van der Waals surface area contributed by atoms with Gasteiger partial charge in [0.15, 0.2) is 0 Å². The molecule has 0 radical (unpaired) electrons. The Morgan fingerprint density at radius 1 is 1.46 bits per heavy atom. The highest BCUT2D eigenvalue weighted by molar-refractivity contribution is 5.75. The molecule has 0 fully saturated rings. The third-order valence-corrected chi connectivity index (χ3v) is 2.04. The zero-order valence-electron chi connectivity index (χ0n) is 7.82. The highest BCUT2D eigenvalue weighted by Crippen LogP contribution is 2.13. The normalized spacial score (nSPS) is 10.9. The lowest BCUT2D eigenvalue weighted by molar-refractivity contribution is 0.134. The molecular formula is C10H12N2O. The van der Waals surface area contributed by atoms with Crippen molar-refractivity contribution in [2.45, 2.75) is 13.7 Å². The molecule has 68 valence electrons. The molecule has 2 aromatic rings. The minimum absolute atomic E-state index is 0.555. The van der Waals surface area contributed by atoms with Gasteiger partial charge in [-0.1, -0.05) is 6.07 Å². The molecule has 0 atom stereocenters. The third kappa shape index (κ3) is 1.42. The summed E-state index contributed by atoms with van der Waals surface area (Å²) in [5.41, 5.74) is 3.37. The summed E-state index contributed by atoms with van der Waals surface area (Å²) < 4.78 is 7.03. The number of fused-ring (bicyclic) bond motifs is 1. The quantitative estimate of drug-likeness (QED) is 0.699. The van der Waals surface area contributed by atoms with Crippen LogP contribution in [0.25, 0.3) is 11.0 Å². The van der Waals surface area contributed by atoms with Crippen molar-refractivity contribution in [1.29, 1.82) is 0 Å². The number of aromatic nitrogens is 2. The minimum Gasteiger partial charge on any atom is -0.364 e. The molecule has 0 aliphatic rings. The maximum Gasteiger partial charge on any atom is 0.123 e. The number of ether oxygens (including phenoxy) is 1. The molecule has 0 unspecified atom stereocenters. The highest BCUT2D eigenvalue weighted by Gasteiger charge is 2.00. The van der Waals surface area contributed by atoms with Gasteiger partial charge in [0.1, 0.15) is 6.73 Å². The Balaban J connectivity index is 2.55. The molecule has 13 heavy (non-hydrogen) atoms. The van der Waals surface area contributed by atoms with E-state index >= 15 is 0 Å². The average Bonchev–Trinajstić information content (AvgIpc) is 2.49. The Hall–Kier alpha value is -1.35. The fourth-order valence-electron chi connectivity index (χ4n) is 1.42. The standard InChI is InChI=1S/C10H12N2O/c1-8-3-4-10-9(5-8)11-6-12(10)7-13-2/h3-6H,7H2,1-2H3. The molecule has 2 rings (SSSR count). The van der Waals surface area contributed by atoms with E-state index in [0.29, 0.717) is 6.73 Å². The van der Waals surface area contributed by atoms with Crippen LogP contribution in [-0.2, 0) is 11.5 Å². The number of imidazole rings is 1. The van der Waals surface area contributed by atoms with Crippen LogP contribution in [-0.4, -0.2) is 16.7 Å². The van der Waals surface area contributed by atoms with Crippen molar-refractivity contribution in [2.24, 2.45) is 0 Å². The van der Waals surface area contributed by atoms with Gasteiger partial charge in [-0.05, 0) is 24.6 Å². The van der Waals surface area contributed by atoms with Crippen LogP contribution in [0.1, 0.15) is 5.56 Å². The van der Waals surface area contributed by atoms with Gasteiger partial charge < -0.3 is 9.30 Å². The van der Waals surface area contributed by atoms with Gasteiger partial charge >= 0.3 is 0 Å². The van der Waals surface area contributed by atoms with E-state index in [0.717, 1.165) is 11.0 Å². The van der Waals surface area contributed by atoms with E-state index in [1.54, 1.807) is 13.4 Å². The Kier molecular flexibility index (Phi) is 2.02. The van der Waals surface area contributed by atoms with Gasteiger partial charge in [-0.25, -0.2) is 4.98 Å². The Morgan fingerprint density at radius 2 is 2.31 bits per heavy atom. The first-order valence-electron chi connectivity index (χ1n) is 4.21. The maximum absolute atomic E-state index is 5.05. The summed E-state index contributed by atoms with van der Waals surface area (Å²) in [4.78, 5) is 4.28. The average molecular weight is 176 g/mol. The largest absolute Gasteiger partial charge is 0.364 e. The zero-order valence-corrected chi connectivity index (χ0v) is 7.82. The summed E-state index contributed by atoms with van der Waals surface area (Å²) in [5.74, 6) is 0. The Morgan fingerprint density at radius 3 is 3.08 bits per heavy atom. The van der Waals surface area contributed by atoms with E-state index in [9.17, 15) is 0 Å². The first kappa shape index (κ1) is 8.26. The number of hydrogen-bond acceptors (Lipinski definition) is 2. The molecule has 0 spiro atoms. The van der Waals surface area contributed by atoms with Crippen LogP contribution < -0.4 is 0 Å². The molecule has 0 aliphatic heterocycles. The van der Waals surface area contributed by atoms with E-state index < -0.39 is 0 Å². The topological polar surface area (TPSA) is 27.1 Å². The maximum atomic E-state index is 5.05.